The van der Waals surface area contributed by atoms with Crippen LogP contribution >= 0.6 is 11.8 Å². The highest BCUT2D eigenvalue weighted by molar-refractivity contribution is 7.98. The molecule has 0 fully saturated rings. The van der Waals surface area contributed by atoms with Crippen molar-refractivity contribution in [2.45, 2.75) is 45.1 Å². The largest absolute Gasteiger partial charge is 0.310 e. The minimum Gasteiger partial charge on any atom is -0.310 e. The van der Waals surface area contributed by atoms with Gasteiger partial charge in [0.15, 0.2) is 0 Å². The first-order chi connectivity index (χ1) is 6.88. The molecule has 0 aromatic rings. The topological polar surface area (TPSA) is 12.0 Å². The summed E-state index contributed by atoms with van der Waals surface area (Å²) in [7, 11) is 0. The number of thioether (sulfide) groups is 1. The molecule has 1 nitrogen and oxygen atoms in total. The van der Waals surface area contributed by atoms with Gasteiger partial charge in [0.1, 0.15) is 0 Å². The minimum atomic E-state index is 0.660. The third-order valence-electron chi connectivity index (χ3n) is 2.83. The van der Waals surface area contributed by atoms with E-state index in [4.69, 9.17) is 0 Å². The lowest BCUT2D eigenvalue weighted by Gasteiger charge is -2.23. The standard InChI is InChI=1S/C12H23NS/c1-3-13-12(9-10-14-2)11-7-5-4-6-8-11/h7,12-13H,3-6,8-10H2,1-2H3. The molecule has 0 aromatic carbocycles. The van der Waals surface area contributed by atoms with Crippen LogP contribution in [-0.4, -0.2) is 24.6 Å². The maximum Gasteiger partial charge on any atom is 0.0287 e. The van der Waals surface area contributed by atoms with Gasteiger partial charge in [-0.15, -0.1) is 0 Å². The smallest absolute Gasteiger partial charge is 0.0287 e. The maximum absolute atomic E-state index is 3.61. The van der Waals surface area contributed by atoms with Crippen LogP contribution in [0, 0.1) is 0 Å². The fourth-order valence-corrected chi connectivity index (χ4v) is 2.55. The summed E-state index contributed by atoms with van der Waals surface area (Å²) in [6, 6.07) is 0.660. The van der Waals surface area contributed by atoms with Gasteiger partial charge < -0.3 is 5.32 Å². The highest BCUT2D eigenvalue weighted by Gasteiger charge is 2.14. The fraction of sp³-hybridized carbons (Fsp3) is 0.833. The van der Waals surface area contributed by atoms with E-state index in [1.165, 1.54) is 37.9 Å². The average molecular weight is 213 g/mol. The Balaban J connectivity index is 2.42. The number of hydrogen-bond donors (Lipinski definition) is 1. The van der Waals surface area contributed by atoms with Gasteiger partial charge in [0.25, 0.3) is 0 Å². The summed E-state index contributed by atoms with van der Waals surface area (Å²) >= 11 is 1.95. The lowest BCUT2D eigenvalue weighted by atomic mass is 9.92. The third kappa shape index (κ3) is 4.05. The Labute approximate surface area is 92.7 Å². The predicted octanol–water partition coefficient (Wildman–Crippen LogP) is 3.22. The molecule has 1 atom stereocenters. The van der Waals surface area contributed by atoms with E-state index in [0.29, 0.717) is 6.04 Å². The van der Waals surface area contributed by atoms with Crippen LogP contribution in [0.2, 0.25) is 0 Å². The Kier molecular flexibility index (Phi) is 6.37. The lowest BCUT2D eigenvalue weighted by molar-refractivity contribution is 0.535. The molecule has 1 rings (SSSR count). The van der Waals surface area contributed by atoms with E-state index in [1.807, 2.05) is 11.8 Å². The van der Waals surface area contributed by atoms with Crippen molar-refractivity contribution in [3.63, 3.8) is 0 Å². The first-order valence-electron chi connectivity index (χ1n) is 5.79. The van der Waals surface area contributed by atoms with E-state index in [2.05, 4.69) is 24.6 Å². The van der Waals surface area contributed by atoms with Gasteiger partial charge in [0.05, 0.1) is 0 Å². The van der Waals surface area contributed by atoms with Crippen LogP contribution in [0.3, 0.4) is 0 Å². The molecule has 0 radical (unpaired) electrons. The highest BCUT2D eigenvalue weighted by atomic mass is 32.2. The summed E-state index contributed by atoms with van der Waals surface area (Å²) in [6.45, 7) is 3.30. The molecule has 0 spiro atoms. The van der Waals surface area contributed by atoms with Crippen molar-refractivity contribution >= 4 is 11.8 Å². The molecular weight excluding hydrogens is 190 g/mol. The molecule has 1 aliphatic rings. The van der Waals surface area contributed by atoms with E-state index < -0.39 is 0 Å². The molecule has 82 valence electrons. The molecule has 2 heteroatoms. The first-order valence-corrected chi connectivity index (χ1v) is 7.19. The van der Waals surface area contributed by atoms with Gasteiger partial charge in [-0.25, -0.2) is 0 Å². The number of hydrogen-bond acceptors (Lipinski definition) is 2. The summed E-state index contributed by atoms with van der Waals surface area (Å²) in [5.74, 6) is 1.27. The zero-order valence-electron chi connectivity index (χ0n) is 9.51. The van der Waals surface area contributed by atoms with Crippen LogP contribution in [0.25, 0.3) is 0 Å². The van der Waals surface area contributed by atoms with Gasteiger partial charge in [-0.05, 0) is 50.7 Å². The Morgan fingerprint density at radius 3 is 2.93 bits per heavy atom. The normalized spacial score (nSPS) is 19.1. The molecule has 0 aliphatic heterocycles. The zero-order chi connectivity index (χ0) is 10.2. The van der Waals surface area contributed by atoms with Crippen molar-refractivity contribution in [2.24, 2.45) is 0 Å². The van der Waals surface area contributed by atoms with Gasteiger partial charge in [-0.1, -0.05) is 18.6 Å². The summed E-state index contributed by atoms with van der Waals surface area (Å²) in [5.41, 5.74) is 1.67. The van der Waals surface area contributed by atoms with Crippen molar-refractivity contribution in [1.29, 1.82) is 0 Å². The summed E-state index contributed by atoms with van der Waals surface area (Å²) in [5, 5.41) is 3.61. The molecule has 1 unspecified atom stereocenters. The molecular formula is C12H23NS. The Morgan fingerprint density at radius 1 is 1.50 bits per heavy atom. The fourth-order valence-electron chi connectivity index (χ4n) is 2.08. The molecule has 0 bridgehead atoms. The third-order valence-corrected chi connectivity index (χ3v) is 3.48. The Morgan fingerprint density at radius 2 is 2.36 bits per heavy atom. The van der Waals surface area contributed by atoms with Crippen molar-refractivity contribution < 1.29 is 0 Å². The maximum atomic E-state index is 3.61. The van der Waals surface area contributed by atoms with Crippen LogP contribution in [0.5, 0.6) is 0 Å². The van der Waals surface area contributed by atoms with Crippen molar-refractivity contribution in [3.05, 3.63) is 11.6 Å². The van der Waals surface area contributed by atoms with Crippen LogP contribution < -0.4 is 5.32 Å². The van der Waals surface area contributed by atoms with E-state index in [9.17, 15) is 0 Å². The number of nitrogens with one attached hydrogen (secondary N) is 1. The quantitative estimate of drug-likeness (QED) is 0.680. The molecule has 0 aromatic heterocycles. The highest BCUT2D eigenvalue weighted by Crippen LogP contribution is 2.22. The molecule has 1 aliphatic carbocycles. The lowest BCUT2D eigenvalue weighted by Crippen LogP contribution is -2.32. The molecule has 0 heterocycles. The van der Waals surface area contributed by atoms with Gasteiger partial charge in [-0.2, -0.15) is 11.8 Å². The minimum absolute atomic E-state index is 0.660. The number of likely N-dealkylation sites (N-methyl/N-ethyl adjacent to an activating group) is 1. The van der Waals surface area contributed by atoms with E-state index in [-0.39, 0.29) is 0 Å². The SMILES string of the molecule is CCNC(CCSC)C1=CCCCC1. The van der Waals surface area contributed by atoms with Crippen LogP contribution in [0.4, 0.5) is 0 Å². The van der Waals surface area contributed by atoms with E-state index in [1.54, 1.807) is 5.57 Å². The number of allylic oxidation sites excluding steroid dienone is 1. The molecule has 14 heavy (non-hydrogen) atoms. The monoisotopic (exact) mass is 213 g/mol. The van der Waals surface area contributed by atoms with Gasteiger partial charge >= 0.3 is 0 Å². The molecule has 1 N–H and O–H groups in total. The van der Waals surface area contributed by atoms with Crippen molar-refractivity contribution in [2.75, 3.05) is 18.6 Å². The summed E-state index contributed by atoms with van der Waals surface area (Å²) in [4.78, 5) is 0. The van der Waals surface area contributed by atoms with E-state index in [0.717, 1.165) is 6.54 Å². The molecule has 0 saturated carbocycles. The zero-order valence-corrected chi connectivity index (χ0v) is 10.3. The van der Waals surface area contributed by atoms with Gasteiger partial charge in [0, 0.05) is 6.04 Å². The molecule has 0 saturated heterocycles. The average Bonchev–Trinajstić information content (AvgIpc) is 2.25. The Bertz CT molecular complexity index is 177. The van der Waals surface area contributed by atoms with Gasteiger partial charge in [-0.3, -0.25) is 0 Å². The van der Waals surface area contributed by atoms with Crippen molar-refractivity contribution in [3.8, 4) is 0 Å². The molecule has 0 amide bonds. The second kappa shape index (κ2) is 7.36. The summed E-state index contributed by atoms with van der Waals surface area (Å²) < 4.78 is 0. The van der Waals surface area contributed by atoms with E-state index >= 15 is 0 Å². The second-order valence-electron chi connectivity index (χ2n) is 3.92. The van der Waals surface area contributed by atoms with Crippen molar-refractivity contribution in [1.82, 2.24) is 5.32 Å². The number of rotatable bonds is 6. The first kappa shape index (κ1) is 12.1. The second-order valence-corrected chi connectivity index (χ2v) is 4.90. The van der Waals surface area contributed by atoms with Crippen LogP contribution in [0.1, 0.15) is 39.0 Å². The van der Waals surface area contributed by atoms with Crippen LogP contribution in [-0.2, 0) is 0 Å². The van der Waals surface area contributed by atoms with Crippen LogP contribution in [0.15, 0.2) is 11.6 Å². The predicted molar refractivity (Wildman–Crippen MR) is 67.0 cm³/mol. The van der Waals surface area contributed by atoms with Gasteiger partial charge in [0.2, 0.25) is 0 Å². The Hall–Kier alpha value is 0.0500. The summed E-state index contributed by atoms with van der Waals surface area (Å²) in [6.07, 6.45) is 11.4.